The molecule has 2 N–H and O–H groups in total. The highest BCUT2D eigenvalue weighted by Gasteiger charge is 2.35. The Balaban J connectivity index is 1.35. The normalized spacial score (nSPS) is 14.6. The molecule has 0 bridgehead atoms. The lowest BCUT2D eigenvalue weighted by atomic mass is 9.65. The molecule has 180 valence electrons. The Kier molecular flexibility index (Phi) is 6.94. The van der Waals surface area contributed by atoms with Gasteiger partial charge in [0, 0.05) is 27.9 Å². The molecule has 0 unspecified atom stereocenters. The van der Waals surface area contributed by atoms with Gasteiger partial charge in [0.2, 0.25) is 0 Å². The highest BCUT2D eigenvalue weighted by atomic mass is 16.2. The first-order chi connectivity index (χ1) is 17.6. The molecule has 0 aromatic heterocycles. The Morgan fingerprint density at radius 2 is 0.889 bits per heavy atom. The molecule has 4 heteroatoms. The molecular formula is C32H30N2O2. The predicted molar refractivity (Wildman–Crippen MR) is 146 cm³/mol. The van der Waals surface area contributed by atoms with Gasteiger partial charge < -0.3 is 10.6 Å². The first-order valence-electron chi connectivity index (χ1n) is 12.6. The number of amides is 2. The van der Waals surface area contributed by atoms with Gasteiger partial charge in [-0.2, -0.15) is 0 Å². The van der Waals surface area contributed by atoms with Crippen LogP contribution in [0.25, 0.3) is 0 Å². The van der Waals surface area contributed by atoms with Crippen molar-refractivity contribution in [3.63, 3.8) is 0 Å². The van der Waals surface area contributed by atoms with Crippen molar-refractivity contribution in [2.24, 2.45) is 0 Å². The van der Waals surface area contributed by atoms with Gasteiger partial charge >= 0.3 is 0 Å². The molecule has 0 heterocycles. The van der Waals surface area contributed by atoms with Gasteiger partial charge in [0.05, 0.1) is 0 Å². The number of benzene rings is 4. The van der Waals surface area contributed by atoms with Gasteiger partial charge in [0.15, 0.2) is 0 Å². The van der Waals surface area contributed by atoms with Crippen LogP contribution >= 0.6 is 0 Å². The van der Waals surface area contributed by atoms with Crippen LogP contribution in [0.5, 0.6) is 0 Å². The lowest BCUT2D eigenvalue weighted by Crippen LogP contribution is -2.30. The van der Waals surface area contributed by atoms with Crippen molar-refractivity contribution in [3.8, 4) is 0 Å². The summed E-state index contributed by atoms with van der Waals surface area (Å²) in [4.78, 5) is 25.1. The average Bonchev–Trinajstić information content (AvgIpc) is 2.95. The molecular weight excluding hydrogens is 444 g/mol. The number of hydrogen-bond donors (Lipinski definition) is 2. The van der Waals surface area contributed by atoms with E-state index in [0.717, 1.165) is 24.2 Å². The fraction of sp³-hybridized carbons (Fsp3) is 0.188. The van der Waals surface area contributed by atoms with E-state index >= 15 is 0 Å². The molecule has 2 amide bonds. The van der Waals surface area contributed by atoms with Crippen LogP contribution in [0.15, 0.2) is 109 Å². The quantitative estimate of drug-likeness (QED) is 0.305. The van der Waals surface area contributed by atoms with Gasteiger partial charge in [-0.3, -0.25) is 9.59 Å². The minimum absolute atomic E-state index is 0.0673. The van der Waals surface area contributed by atoms with Crippen molar-refractivity contribution in [1.82, 2.24) is 0 Å². The zero-order chi connectivity index (χ0) is 24.8. The number of nitrogens with one attached hydrogen (secondary N) is 2. The molecule has 5 rings (SSSR count). The molecule has 36 heavy (non-hydrogen) atoms. The van der Waals surface area contributed by atoms with E-state index in [-0.39, 0.29) is 17.2 Å². The topological polar surface area (TPSA) is 58.2 Å². The molecule has 0 saturated heterocycles. The van der Waals surface area contributed by atoms with E-state index in [1.165, 1.54) is 30.4 Å². The van der Waals surface area contributed by atoms with E-state index in [0.29, 0.717) is 11.1 Å². The van der Waals surface area contributed by atoms with Crippen molar-refractivity contribution in [2.75, 3.05) is 10.6 Å². The van der Waals surface area contributed by atoms with Crippen LogP contribution in [0, 0.1) is 0 Å². The summed E-state index contributed by atoms with van der Waals surface area (Å²) in [5.74, 6) is -0.215. The molecule has 1 aliphatic rings. The van der Waals surface area contributed by atoms with Crippen molar-refractivity contribution in [3.05, 3.63) is 131 Å². The standard InChI is InChI=1S/C32H30N2O2/c35-30(24-10-4-1-5-11-24)33-28-18-14-26(15-19-28)32(22-8-3-9-23-32)27-16-20-29(21-17-27)34-31(36)25-12-6-2-7-13-25/h1-2,4-7,10-21H,3,8-9,22-23H2,(H,33,35)(H,34,36). The van der Waals surface area contributed by atoms with Gasteiger partial charge in [0.1, 0.15) is 0 Å². The molecule has 0 radical (unpaired) electrons. The maximum absolute atomic E-state index is 12.5. The lowest BCUT2D eigenvalue weighted by molar-refractivity contribution is 0.101. The molecule has 4 aromatic carbocycles. The number of anilines is 2. The second-order valence-electron chi connectivity index (χ2n) is 9.44. The Labute approximate surface area is 212 Å². The maximum Gasteiger partial charge on any atom is 0.255 e. The van der Waals surface area contributed by atoms with Crippen molar-refractivity contribution >= 4 is 23.2 Å². The Hall–Kier alpha value is -4.18. The summed E-state index contributed by atoms with van der Waals surface area (Å²) in [5, 5.41) is 6.00. The third kappa shape index (κ3) is 5.08. The fourth-order valence-corrected chi connectivity index (χ4v) is 5.23. The SMILES string of the molecule is O=C(Nc1ccc(C2(c3ccc(NC(=O)c4ccccc4)cc3)CCCCC2)cc1)c1ccccc1. The summed E-state index contributed by atoms with van der Waals surface area (Å²) in [6, 6.07) is 35.1. The number of hydrogen-bond acceptors (Lipinski definition) is 2. The second-order valence-corrected chi connectivity index (χ2v) is 9.44. The minimum atomic E-state index is -0.108. The van der Waals surface area contributed by atoms with Gasteiger partial charge in [-0.1, -0.05) is 79.9 Å². The van der Waals surface area contributed by atoms with Crippen LogP contribution in [0.2, 0.25) is 0 Å². The Morgan fingerprint density at radius 3 is 1.28 bits per heavy atom. The summed E-state index contributed by atoms with van der Waals surface area (Å²) in [6.45, 7) is 0. The van der Waals surface area contributed by atoms with Crippen molar-refractivity contribution in [1.29, 1.82) is 0 Å². The van der Waals surface area contributed by atoms with Crippen molar-refractivity contribution in [2.45, 2.75) is 37.5 Å². The summed E-state index contributed by atoms with van der Waals surface area (Å²) in [6.07, 6.45) is 5.77. The number of rotatable bonds is 6. The summed E-state index contributed by atoms with van der Waals surface area (Å²) in [5.41, 5.74) is 5.33. The highest BCUT2D eigenvalue weighted by molar-refractivity contribution is 6.04. The third-order valence-electron chi connectivity index (χ3n) is 7.17. The third-order valence-corrected chi connectivity index (χ3v) is 7.17. The first-order valence-corrected chi connectivity index (χ1v) is 12.6. The molecule has 1 fully saturated rings. The van der Waals surface area contributed by atoms with E-state index in [4.69, 9.17) is 0 Å². The minimum Gasteiger partial charge on any atom is -0.322 e. The van der Waals surface area contributed by atoms with Crippen LogP contribution < -0.4 is 10.6 Å². The van der Waals surface area contributed by atoms with Crippen LogP contribution in [0.3, 0.4) is 0 Å². The Bertz CT molecular complexity index is 1210. The number of carbonyl (C=O) groups excluding carboxylic acids is 2. The average molecular weight is 475 g/mol. The molecule has 1 aliphatic carbocycles. The van der Waals surface area contributed by atoms with Crippen LogP contribution in [0.1, 0.15) is 63.9 Å². The predicted octanol–water partition coefficient (Wildman–Crippen LogP) is 7.44. The second kappa shape index (κ2) is 10.6. The van der Waals surface area contributed by atoms with Gasteiger partial charge in [-0.05, 0) is 72.5 Å². The summed E-state index contributed by atoms with van der Waals surface area (Å²) in [7, 11) is 0. The maximum atomic E-state index is 12.5. The molecule has 4 aromatic rings. The zero-order valence-electron chi connectivity index (χ0n) is 20.2. The molecule has 4 nitrogen and oxygen atoms in total. The number of carbonyl (C=O) groups is 2. The summed E-state index contributed by atoms with van der Waals surface area (Å²) >= 11 is 0. The van der Waals surface area contributed by atoms with Gasteiger partial charge in [0.25, 0.3) is 11.8 Å². The smallest absolute Gasteiger partial charge is 0.255 e. The fourth-order valence-electron chi connectivity index (χ4n) is 5.23. The molecule has 0 atom stereocenters. The largest absolute Gasteiger partial charge is 0.322 e. The highest BCUT2D eigenvalue weighted by Crippen LogP contribution is 2.45. The van der Waals surface area contributed by atoms with E-state index in [1.807, 2.05) is 84.9 Å². The van der Waals surface area contributed by atoms with Gasteiger partial charge in [-0.15, -0.1) is 0 Å². The van der Waals surface area contributed by atoms with Crippen LogP contribution in [-0.2, 0) is 5.41 Å². The van der Waals surface area contributed by atoms with Crippen molar-refractivity contribution < 1.29 is 9.59 Å². The lowest BCUT2D eigenvalue weighted by Gasteiger charge is -2.39. The zero-order valence-corrected chi connectivity index (χ0v) is 20.2. The monoisotopic (exact) mass is 474 g/mol. The van der Waals surface area contributed by atoms with Crippen LogP contribution in [0.4, 0.5) is 11.4 Å². The first kappa shape index (κ1) is 23.6. The summed E-state index contributed by atoms with van der Waals surface area (Å²) < 4.78 is 0. The molecule has 1 saturated carbocycles. The van der Waals surface area contributed by atoms with Gasteiger partial charge in [-0.25, -0.2) is 0 Å². The van der Waals surface area contributed by atoms with Crippen LogP contribution in [-0.4, -0.2) is 11.8 Å². The van der Waals surface area contributed by atoms with E-state index in [2.05, 4.69) is 34.9 Å². The molecule has 0 aliphatic heterocycles. The molecule has 0 spiro atoms. The Morgan fingerprint density at radius 1 is 0.500 bits per heavy atom. The van der Waals surface area contributed by atoms with E-state index in [9.17, 15) is 9.59 Å². The van der Waals surface area contributed by atoms with E-state index in [1.54, 1.807) is 0 Å². The van der Waals surface area contributed by atoms with E-state index < -0.39 is 0 Å².